The molecular weight excluding hydrogens is 559 g/mol. The maximum atomic E-state index is 15.5. The standard InChI is InChI=1S/C45H41F/c1-44(2,3)32-24-25-33-31(26-32)27-38-37(33)28-39(41(29-16-9-7-10-17-29)30-18-11-8-12-19-30)43(45(4,5)6)42(38)36-22-15-21-34(36)35-20-13-14-23-40(35)46/h7-21,23-28H,22H2,1-6H3. The monoisotopic (exact) mass is 600 g/mol. The SMILES string of the molecule is CC(C)(C)c1ccc2c(c1)C=c1c-2cc(=C(c2ccccc2)c2ccccc2)c(C(C)(C)C)c1C1=C(c2ccccc2F)C=CC1. The van der Waals surface area contributed by atoms with Crippen molar-refractivity contribution in [3.05, 3.63) is 177 Å². The molecule has 46 heavy (non-hydrogen) atoms. The van der Waals surface area contributed by atoms with Crippen LogP contribution in [0.3, 0.4) is 0 Å². The van der Waals surface area contributed by atoms with Gasteiger partial charge in [0.1, 0.15) is 5.82 Å². The van der Waals surface area contributed by atoms with Crippen molar-refractivity contribution in [2.45, 2.75) is 58.8 Å². The third kappa shape index (κ3) is 5.18. The largest absolute Gasteiger partial charge is 0.206 e. The molecule has 0 heterocycles. The van der Waals surface area contributed by atoms with Crippen LogP contribution in [0.15, 0.2) is 121 Å². The average molecular weight is 601 g/mol. The summed E-state index contributed by atoms with van der Waals surface area (Å²) in [7, 11) is 0. The zero-order valence-electron chi connectivity index (χ0n) is 27.7. The molecule has 0 aliphatic heterocycles. The van der Waals surface area contributed by atoms with Crippen LogP contribution in [0.25, 0.3) is 33.9 Å². The summed E-state index contributed by atoms with van der Waals surface area (Å²) in [5, 5.41) is 2.47. The van der Waals surface area contributed by atoms with E-state index in [-0.39, 0.29) is 16.6 Å². The van der Waals surface area contributed by atoms with Gasteiger partial charge in [0.05, 0.1) is 0 Å². The Bertz CT molecular complexity index is 2120. The van der Waals surface area contributed by atoms with Crippen LogP contribution < -0.4 is 10.4 Å². The van der Waals surface area contributed by atoms with Gasteiger partial charge in [0.25, 0.3) is 0 Å². The topological polar surface area (TPSA) is 0 Å². The Kier molecular flexibility index (Phi) is 7.32. The first-order valence-corrected chi connectivity index (χ1v) is 16.4. The molecule has 0 atom stereocenters. The minimum absolute atomic E-state index is 0.0413. The fraction of sp³-hybridized carbons (Fsp3) is 0.200. The molecule has 1 heteroatoms. The molecule has 0 N–H and O–H groups in total. The van der Waals surface area contributed by atoms with Gasteiger partial charge in [-0.1, -0.05) is 151 Å². The number of halogens is 1. The second-order valence-corrected chi connectivity index (χ2v) is 14.7. The lowest BCUT2D eigenvalue weighted by molar-refractivity contribution is 0.583. The normalized spacial score (nSPS) is 13.9. The number of allylic oxidation sites excluding steroid dienone is 4. The quantitative estimate of drug-likeness (QED) is 0.189. The van der Waals surface area contributed by atoms with Gasteiger partial charge >= 0.3 is 0 Å². The average Bonchev–Trinajstić information content (AvgIpc) is 3.66. The predicted molar refractivity (Wildman–Crippen MR) is 194 cm³/mol. The van der Waals surface area contributed by atoms with Crippen LogP contribution in [-0.2, 0) is 10.8 Å². The highest BCUT2D eigenvalue weighted by molar-refractivity contribution is 6.02. The minimum atomic E-state index is -0.219. The molecule has 0 aromatic heterocycles. The summed E-state index contributed by atoms with van der Waals surface area (Å²) in [6.45, 7) is 13.8. The fourth-order valence-electron chi connectivity index (χ4n) is 7.27. The van der Waals surface area contributed by atoms with Crippen molar-refractivity contribution in [1.82, 2.24) is 0 Å². The Morgan fingerprint density at radius 3 is 1.87 bits per heavy atom. The Morgan fingerprint density at radius 2 is 1.26 bits per heavy atom. The summed E-state index contributed by atoms with van der Waals surface area (Å²) in [5.41, 5.74) is 13.8. The molecule has 228 valence electrons. The van der Waals surface area contributed by atoms with Gasteiger partial charge < -0.3 is 0 Å². The highest BCUT2D eigenvalue weighted by Crippen LogP contribution is 2.41. The van der Waals surface area contributed by atoms with Gasteiger partial charge in [-0.15, -0.1) is 0 Å². The first-order chi connectivity index (χ1) is 22.0. The summed E-state index contributed by atoms with van der Waals surface area (Å²) >= 11 is 0. The molecule has 0 amide bonds. The van der Waals surface area contributed by atoms with Crippen LogP contribution in [0.1, 0.15) is 86.9 Å². The Balaban J connectivity index is 1.71. The van der Waals surface area contributed by atoms with E-state index in [9.17, 15) is 0 Å². The molecule has 0 radical (unpaired) electrons. The lowest BCUT2D eigenvalue weighted by Crippen LogP contribution is -2.32. The molecule has 0 nitrogen and oxygen atoms in total. The number of rotatable bonds is 4. The van der Waals surface area contributed by atoms with E-state index in [0.29, 0.717) is 5.56 Å². The van der Waals surface area contributed by atoms with Crippen LogP contribution in [0.4, 0.5) is 4.39 Å². The number of hydrogen-bond donors (Lipinski definition) is 0. The van der Waals surface area contributed by atoms with Crippen molar-refractivity contribution in [3.63, 3.8) is 0 Å². The molecule has 0 saturated heterocycles. The van der Waals surface area contributed by atoms with Crippen LogP contribution in [0.5, 0.6) is 0 Å². The molecule has 0 fully saturated rings. The van der Waals surface area contributed by atoms with Crippen molar-refractivity contribution < 1.29 is 4.39 Å². The van der Waals surface area contributed by atoms with E-state index >= 15 is 4.39 Å². The summed E-state index contributed by atoms with van der Waals surface area (Å²) in [4.78, 5) is 0. The van der Waals surface area contributed by atoms with Gasteiger partial charge in [-0.3, -0.25) is 0 Å². The van der Waals surface area contributed by atoms with Crippen molar-refractivity contribution in [2.24, 2.45) is 0 Å². The van der Waals surface area contributed by atoms with Crippen LogP contribution in [0, 0.1) is 5.82 Å². The fourth-order valence-corrected chi connectivity index (χ4v) is 7.27. The van der Waals surface area contributed by atoms with Gasteiger partial charge in [0, 0.05) is 5.56 Å². The maximum absolute atomic E-state index is 15.5. The Hall–Kier alpha value is -4.75. The highest BCUT2D eigenvalue weighted by atomic mass is 19.1. The van der Waals surface area contributed by atoms with Gasteiger partial charge in [0.2, 0.25) is 0 Å². The summed E-state index contributed by atoms with van der Waals surface area (Å²) in [6.07, 6.45) is 7.47. The second-order valence-electron chi connectivity index (χ2n) is 14.7. The van der Waals surface area contributed by atoms with E-state index in [2.05, 4.69) is 145 Å². The molecule has 0 unspecified atom stereocenters. The smallest absolute Gasteiger partial charge is 0.131 e. The van der Waals surface area contributed by atoms with Crippen molar-refractivity contribution >= 4 is 22.8 Å². The van der Waals surface area contributed by atoms with Gasteiger partial charge in [-0.2, -0.15) is 0 Å². The maximum Gasteiger partial charge on any atom is 0.131 e. The third-order valence-electron chi connectivity index (χ3n) is 9.42. The summed E-state index contributed by atoms with van der Waals surface area (Å²) < 4.78 is 15.5. The molecular formula is C45H41F. The van der Waals surface area contributed by atoms with E-state index in [1.165, 1.54) is 66.1 Å². The number of hydrogen-bond acceptors (Lipinski definition) is 0. The van der Waals surface area contributed by atoms with E-state index in [0.717, 1.165) is 12.0 Å². The predicted octanol–water partition coefficient (Wildman–Crippen LogP) is 10.3. The lowest BCUT2D eigenvalue weighted by Gasteiger charge is -2.28. The van der Waals surface area contributed by atoms with E-state index in [1.807, 2.05) is 12.1 Å². The third-order valence-corrected chi connectivity index (χ3v) is 9.42. The van der Waals surface area contributed by atoms with Gasteiger partial charge in [-0.25, -0.2) is 4.39 Å². The van der Waals surface area contributed by atoms with Crippen LogP contribution >= 0.6 is 0 Å². The van der Waals surface area contributed by atoms with E-state index in [1.54, 1.807) is 12.1 Å². The van der Waals surface area contributed by atoms with Gasteiger partial charge in [0.15, 0.2) is 0 Å². The van der Waals surface area contributed by atoms with Crippen molar-refractivity contribution in [3.8, 4) is 11.1 Å². The number of fused-ring (bicyclic) bond motifs is 3. The molecule has 0 bridgehead atoms. The molecule has 7 rings (SSSR count). The molecule has 5 aromatic rings. The van der Waals surface area contributed by atoms with Crippen molar-refractivity contribution in [1.29, 1.82) is 0 Å². The molecule has 2 aliphatic rings. The Labute approximate surface area is 273 Å². The first-order valence-electron chi connectivity index (χ1n) is 16.4. The van der Waals surface area contributed by atoms with Crippen molar-refractivity contribution in [2.75, 3.05) is 0 Å². The molecule has 2 aliphatic carbocycles. The van der Waals surface area contributed by atoms with E-state index < -0.39 is 0 Å². The lowest BCUT2D eigenvalue weighted by atomic mass is 9.75. The zero-order valence-corrected chi connectivity index (χ0v) is 27.7. The zero-order chi connectivity index (χ0) is 32.2. The highest BCUT2D eigenvalue weighted by Gasteiger charge is 2.30. The second kappa shape index (κ2) is 11.2. The van der Waals surface area contributed by atoms with Crippen LogP contribution in [-0.4, -0.2) is 0 Å². The van der Waals surface area contributed by atoms with Gasteiger partial charge in [-0.05, 0) is 107 Å². The summed E-state index contributed by atoms with van der Waals surface area (Å²) in [6, 6.07) is 38.2. The summed E-state index contributed by atoms with van der Waals surface area (Å²) in [5.74, 6) is -0.186. The minimum Gasteiger partial charge on any atom is -0.206 e. The Morgan fingerprint density at radius 1 is 0.630 bits per heavy atom. The van der Waals surface area contributed by atoms with Crippen LogP contribution in [0.2, 0.25) is 0 Å². The van der Waals surface area contributed by atoms with E-state index in [4.69, 9.17) is 0 Å². The number of benzene rings is 5. The molecule has 0 saturated carbocycles. The first kappa shape index (κ1) is 29.9. The molecule has 5 aromatic carbocycles. The molecule has 0 spiro atoms.